The number of nitrogens with zero attached hydrogens (tertiary/aromatic N) is 1. The maximum absolute atomic E-state index is 11.1. The van der Waals surface area contributed by atoms with Crippen LogP contribution >= 0.6 is 0 Å². The molecule has 1 amide bonds. The Morgan fingerprint density at radius 3 is 2.63 bits per heavy atom. The van der Waals surface area contributed by atoms with E-state index in [1.54, 1.807) is 31.4 Å². The van der Waals surface area contributed by atoms with Gasteiger partial charge in [0.05, 0.1) is 13.2 Å². The van der Waals surface area contributed by atoms with Crippen molar-refractivity contribution in [2.24, 2.45) is 5.73 Å². The number of ether oxygens (including phenoxy) is 2. The summed E-state index contributed by atoms with van der Waals surface area (Å²) in [4.78, 5) is 12.4. The lowest BCUT2D eigenvalue weighted by Crippen LogP contribution is -2.38. The highest BCUT2D eigenvalue weighted by Crippen LogP contribution is 2.20. The monoisotopic (exact) mass is 266 g/mol. The SMILES string of the molecule is COc1ccc(OC[C@H]2C[C@@H](N)CN2C(=O)O)cc1. The highest BCUT2D eigenvalue weighted by molar-refractivity contribution is 5.66. The molecule has 1 aliphatic rings. The Bertz CT molecular complexity index is 435. The van der Waals surface area contributed by atoms with Crippen LogP contribution in [0.1, 0.15) is 6.42 Å². The third-order valence-corrected chi connectivity index (χ3v) is 3.19. The summed E-state index contributed by atoms with van der Waals surface area (Å²) < 4.78 is 10.7. The largest absolute Gasteiger partial charge is 0.497 e. The highest BCUT2D eigenvalue weighted by Gasteiger charge is 2.33. The Morgan fingerprint density at radius 2 is 2.05 bits per heavy atom. The van der Waals surface area contributed by atoms with Gasteiger partial charge in [-0.25, -0.2) is 4.79 Å². The van der Waals surface area contributed by atoms with Crippen LogP contribution in [0.5, 0.6) is 11.5 Å². The van der Waals surface area contributed by atoms with Crippen LogP contribution in [0.3, 0.4) is 0 Å². The molecule has 0 aliphatic carbocycles. The predicted molar refractivity (Wildman–Crippen MR) is 69.6 cm³/mol. The van der Waals surface area contributed by atoms with Crippen LogP contribution in [0.2, 0.25) is 0 Å². The molecule has 1 aliphatic heterocycles. The quantitative estimate of drug-likeness (QED) is 0.854. The number of amides is 1. The van der Waals surface area contributed by atoms with Crippen molar-refractivity contribution in [3.8, 4) is 11.5 Å². The van der Waals surface area contributed by atoms with Gasteiger partial charge < -0.3 is 25.2 Å². The fourth-order valence-corrected chi connectivity index (χ4v) is 2.21. The number of likely N-dealkylation sites (tertiary alicyclic amines) is 1. The smallest absolute Gasteiger partial charge is 0.407 e. The molecular formula is C13H18N2O4. The summed E-state index contributed by atoms with van der Waals surface area (Å²) in [5.74, 6) is 1.44. The third-order valence-electron chi connectivity index (χ3n) is 3.19. The Kier molecular flexibility index (Phi) is 4.11. The van der Waals surface area contributed by atoms with Crippen molar-refractivity contribution in [2.75, 3.05) is 20.3 Å². The van der Waals surface area contributed by atoms with Gasteiger partial charge in [0.15, 0.2) is 0 Å². The lowest BCUT2D eigenvalue weighted by molar-refractivity contribution is 0.123. The summed E-state index contributed by atoms with van der Waals surface area (Å²) in [6.45, 7) is 0.679. The van der Waals surface area contributed by atoms with Crippen LogP contribution in [-0.2, 0) is 0 Å². The van der Waals surface area contributed by atoms with E-state index in [2.05, 4.69) is 0 Å². The number of carboxylic acid groups (broad SMARTS) is 1. The molecule has 0 spiro atoms. The number of hydrogen-bond acceptors (Lipinski definition) is 4. The topological polar surface area (TPSA) is 85.0 Å². The standard InChI is InChI=1S/C13H18N2O4/c1-18-11-2-4-12(5-3-11)19-8-10-6-9(14)7-15(10)13(16)17/h2-5,9-10H,6-8,14H2,1H3,(H,16,17)/t9-,10-/m1/s1. The number of nitrogens with two attached hydrogens (primary N) is 1. The van der Waals surface area contributed by atoms with Gasteiger partial charge in [-0.05, 0) is 30.7 Å². The molecule has 0 bridgehead atoms. The van der Waals surface area contributed by atoms with Crippen LogP contribution in [0.4, 0.5) is 4.79 Å². The van der Waals surface area contributed by atoms with Crippen LogP contribution in [0, 0.1) is 0 Å². The Hall–Kier alpha value is -1.95. The molecule has 2 atom stereocenters. The molecule has 0 aromatic heterocycles. The zero-order valence-corrected chi connectivity index (χ0v) is 10.8. The van der Waals surface area contributed by atoms with E-state index in [-0.39, 0.29) is 12.1 Å². The van der Waals surface area contributed by atoms with E-state index in [0.717, 1.165) is 5.75 Å². The molecule has 0 radical (unpaired) electrons. The van der Waals surface area contributed by atoms with Gasteiger partial charge in [-0.1, -0.05) is 0 Å². The maximum atomic E-state index is 11.1. The van der Waals surface area contributed by atoms with Crippen molar-refractivity contribution < 1.29 is 19.4 Å². The first kappa shape index (κ1) is 13.5. The minimum atomic E-state index is -0.948. The third kappa shape index (κ3) is 3.29. The number of carbonyl (C=O) groups is 1. The average Bonchev–Trinajstić information content (AvgIpc) is 2.78. The van der Waals surface area contributed by atoms with Gasteiger partial charge in [0, 0.05) is 12.6 Å². The lowest BCUT2D eigenvalue weighted by Gasteiger charge is -2.21. The first-order chi connectivity index (χ1) is 9.10. The lowest BCUT2D eigenvalue weighted by atomic mass is 10.2. The van der Waals surface area contributed by atoms with Gasteiger partial charge in [-0.2, -0.15) is 0 Å². The van der Waals surface area contributed by atoms with Gasteiger partial charge in [-0.3, -0.25) is 0 Å². The summed E-state index contributed by atoms with van der Waals surface area (Å²) in [5.41, 5.74) is 5.78. The van der Waals surface area contributed by atoms with Crippen molar-refractivity contribution in [1.82, 2.24) is 4.90 Å². The van der Waals surface area contributed by atoms with Crippen LogP contribution in [-0.4, -0.2) is 48.4 Å². The van der Waals surface area contributed by atoms with Gasteiger partial charge in [0.2, 0.25) is 0 Å². The molecule has 1 saturated heterocycles. The molecule has 1 aromatic carbocycles. The first-order valence-corrected chi connectivity index (χ1v) is 6.12. The summed E-state index contributed by atoms with van der Waals surface area (Å²) in [6, 6.07) is 6.88. The minimum Gasteiger partial charge on any atom is -0.497 e. The molecule has 1 fully saturated rings. The van der Waals surface area contributed by atoms with Crippen molar-refractivity contribution in [3.05, 3.63) is 24.3 Å². The van der Waals surface area contributed by atoms with Crippen molar-refractivity contribution in [1.29, 1.82) is 0 Å². The normalized spacial score (nSPS) is 22.3. The number of methoxy groups -OCH3 is 1. The van der Waals surface area contributed by atoms with Gasteiger partial charge >= 0.3 is 6.09 Å². The molecule has 6 heteroatoms. The zero-order valence-electron chi connectivity index (χ0n) is 10.8. The summed E-state index contributed by atoms with van der Waals surface area (Å²) in [7, 11) is 1.60. The second kappa shape index (κ2) is 5.79. The molecule has 0 unspecified atom stereocenters. The fraction of sp³-hybridized carbons (Fsp3) is 0.462. The summed E-state index contributed by atoms with van der Waals surface area (Å²) >= 11 is 0. The molecule has 6 nitrogen and oxygen atoms in total. The summed E-state index contributed by atoms with van der Waals surface area (Å²) in [5, 5.41) is 9.07. The number of rotatable bonds is 4. The highest BCUT2D eigenvalue weighted by atomic mass is 16.5. The van der Waals surface area contributed by atoms with Gasteiger partial charge in [-0.15, -0.1) is 0 Å². The Labute approximate surface area is 111 Å². The van der Waals surface area contributed by atoms with Crippen molar-refractivity contribution >= 4 is 6.09 Å². The molecule has 19 heavy (non-hydrogen) atoms. The van der Waals surface area contributed by atoms with E-state index < -0.39 is 6.09 Å². The van der Waals surface area contributed by atoms with Crippen molar-refractivity contribution in [2.45, 2.75) is 18.5 Å². The van der Waals surface area contributed by atoms with Gasteiger partial charge in [0.25, 0.3) is 0 Å². The van der Waals surface area contributed by atoms with E-state index in [4.69, 9.17) is 20.3 Å². The molecule has 1 heterocycles. The van der Waals surface area contributed by atoms with Gasteiger partial charge in [0.1, 0.15) is 18.1 Å². The fourth-order valence-electron chi connectivity index (χ4n) is 2.21. The number of hydrogen-bond donors (Lipinski definition) is 2. The molecule has 1 aromatic rings. The zero-order chi connectivity index (χ0) is 13.8. The molecular weight excluding hydrogens is 248 g/mol. The molecule has 3 N–H and O–H groups in total. The minimum absolute atomic E-state index is 0.111. The Balaban J connectivity index is 1.91. The van der Waals surface area contributed by atoms with Crippen LogP contribution < -0.4 is 15.2 Å². The molecule has 2 rings (SSSR count). The first-order valence-electron chi connectivity index (χ1n) is 6.12. The van der Waals surface area contributed by atoms with E-state index >= 15 is 0 Å². The van der Waals surface area contributed by atoms with E-state index in [0.29, 0.717) is 25.3 Å². The van der Waals surface area contributed by atoms with E-state index in [1.807, 2.05) is 0 Å². The number of benzene rings is 1. The summed E-state index contributed by atoms with van der Waals surface area (Å²) in [6.07, 6.45) is -0.320. The second-order valence-corrected chi connectivity index (χ2v) is 4.57. The molecule has 104 valence electrons. The second-order valence-electron chi connectivity index (χ2n) is 4.57. The average molecular weight is 266 g/mol. The van der Waals surface area contributed by atoms with E-state index in [9.17, 15) is 4.79 Å². The Morgan fingerprint density at radius 1 is 1.42 bits per heavy atom. The van der Waals surface area contributed by atoms with E-state index in [1.165, 1.54) is 4.90 Å². The van der Waals surface area contributed by atoms with Crippen LogP contribution in [0.25, 0.3) is 0 Å². The maximum Gasteiger partial charge on any atom is 0.407 e. The van der Waals surface area contributed by atoms with Crippen molar-refractivity contribution in [3.63, 3.8) is 0 Å². The molecule has 0 saturated carbocycles. The predicted octanol–water partition coefficient (Wildman–Crippen LogP) is 1.15. The van der Waals surface area contributed by atoms with Crippen LogP contribution in [0.15, 0.2) is 24.3 Å².